The average Bonchev–Trinajstić information content (AvgIpc) is 2.88. The number of hydrogen-bond acceptors (Lipinski definition) is 6. The van der Waals surface area contributed by atoms with E-state index in [1.54, 1.807) is 6.33 Å². The predicted molar refractivity (Wildman–Crippen MR) is 126 cm³/mol. The lowest BCUT2D eigenvalue weighted by Crippen LogP contribution is -2.53. The summed E-state index contributed by atoms with van der Waals surface area (Å²) in [5, 5.41) is 0.985. The first-order valence-electron chi connectivity index (χ1n) is 11.4. The Bertz CT molecular complexity index is 1290. The van der Waals surface area contributed by atoms with E-state index in [4.69, 9.17) is 0 Å². The third kappa shape index (κ3) is 4.35. The second-order valence-corrected chi connectivity index (χ2v) is 10.6. The molecule has 0 bridgehead atoms. The highest BCUT2D eigenvalue weighted by molar-refractivity contribution is 7.89. The highest BCUT2D eigenvalue weighted by Gasteiger charge is 2.36. The molecule has 2 aliphatic rings. The largest absolute Gasteiger partial charge is 0.352 e. The molecule has 2 saturated heterocycles. The predicted octanol–water partition coefficient (Wildman–Crippen LogP) is 2.52. The number of nitrogens with zero attached hydrogens (tertiary/aromatic N) is 5. The summed E-state index contributed by atoms with van der Waals surface area (Å²) in [6.45, 7) is 2.91. The zero-order valence-electron chi connectivity index (χ0n) is 18.7. The Morgan fingerprint density at radius 1 is 0.941 bits per heavy atom. The minimum Gasteiger partial charge on any atom is -0.352 e. The molecule has 0 radical (unpaired) electrons. The Morgan fingerprint density at radius 3 is 2.44 bits per heavy atom. The molecule has 0 spiro atoms. The fraction of sp³-hybridized carbons (Fsp3) is 0.375. The van der Waals surface area contributed by atoms with E-state index in [2.05, 4.69) is 14.9 Å². The molecular formula is C24H26FN5O3S. The lowest BCUT2D eigenvalue weighted by molar-refractivity contribution is -0.137. The van der Waals surface area contributed by atoms with E-state index in [-0.39, 0.29) is 23.3 Å². The van der Waals surface area contributed by atoms with Crippen molar-refractivity contribution in [2.45, 2.75) is 17.7 Å². The minimum absolute atomic E-state index is 0.00815. The van der Waals surface area contributed by atoms with Crippen LogP contribution in [0.4, 0.5) is 10.2 Å². The zero-order valence-corrected chi connectivity index (χ0v) is 19.5. The van der Waals surface area contributed by atoms with Crippen molar-refractivity contribution in [2.24, 2.45) is 5.92 Å². The highest BCUT2D eigenvalue weighted by Crippen LogP contribution is 2.27. The van der Waals surface area contributed by atoms with Crippen LogP contribution in [-0.2, 0) is 14.8 Å². The molecule has 178 valence electrons. The number of aromatic nitrogens is 2. The van der Waals surface area contributed by atoms with Gasteiger partial charge in [0.1, 0.15) is 18.0 Å². The van der Waals surface area contributed by atoms with Crippen LogP contribution in [0.3, 0.4) is 0 Å². The number of anilines is 1. The maximum Gasteiger partial charge on any atom is 0.243 e. The van der Waals surface area contributed by atoms with Gasteiger partial charge in [0.05, 0.1) is 16.3 Å². The molecule has 34 heavy (non-hydrogen) atoms. The molecule has 2 aromatic carbocycles. The van der Waals surface area contributed by atoms with E-state index >= 15 is 0 Å². The van der Waals surface area contributed by atoms with Gasteiger partial charge in [0.25, 0.3) is 0 Å². The number of hydrogen-bond donors (Lipinski definition) is 0. The van der Waals surface area contributed by atoms with Crippen LogP contribution in [0.25, 0.3) is 10.9 Å². The van der Waals surface area contributed by atoms with Crippen molar-refractivity contribution in [3.05, 3.63) is 60.7 Å². The van der Waals surface area contributed by atoms with Crippen LogP contribution in [0.1, 0.15) is 12.8 Å². The Labute approximate surface area is 198 Å². The van der Waals surface area contributed by atoms with Crippen LogP contribution < -0.4 is 4.90 Å². The first kappa shape index (κ1) is 22.7. The lowest BCUT2D eigenvalue weighted by Gasteiger charge is -2.39. The smallest absolute Gasteiger partial charge is 0.243 e. The fourth-order valence-electron chi connectivity index (χ4n) is 4.76. The van der Waals surface area contributed by atoms with Crippen molar-refractivity contribution in [3.63, 3.8) is 0 Å². The fourth-order valence-corrected chi connectivity index (χ4v) is 6.28. The maximum atomic E-state index is 13.3. The maximum absolute atomic E-state index is 13.3. The Balaban J connectivity index is 1.24. The second-order valence-electron chi connectivity index (χ2n) is 8.68. The SMILES string of the molecule is O=C(C1CCCN(S(=O)(=O)c2ccc(F)cc2)C1)N1CCN(c2ncnc3ccccc23)CC1. The van der Waals surface area contributed by atoms with Gasteiger partial charge in [-0.05, 0) is 49.2 Å². The van der Waals surface area contributed by atoms with Crippen LogP contribution in [-0.4, -0.2) is 72.8 Å². The number of sulfonamides is 1. The van der Waals surface area contributed by atoms with Crippen molar-refractivity contribution >= 4 is 32.7 Å². The highest BCUT2D eigenvalue weighted by atomic mass is 32.2. The van der Waals surface area contributed by atoms with Gasteiger partial charge in [-0.15, -0.1) is 0 Å². The summed E-state index contributed by atoms with van der Waals surface area (Å²) in [4.78, 5) is 26.1. The number of halogens is 1. The molecular weight excluding hydrogens is 457 g/mol. The Morgan fingerprint density at radius 2 is 1.68 bits per heavy atom. The number of piperidine rings is 1. The summed E-state index contributed by atoms with van der Waals surface area (Å²) in [6.07, 6.45) is 2.84. The lowest BCUT2D eigenvalue weighted by atomic mass is 9.97. The summed E-state index contributed by atoms with van der Waals surface area (Å²) in [5.41, 5.74) is 0.885. The van der Waals surface area contributed by atoms with Crippen molar-refractivity contribution in [1.82, 2.24) is 19.2 Å². The molecule has 0 N–H and O–H groups in total. The van der Waals surface area contributed by atoms with E-state index in [1.807, 2.05) is 29.2 Å². The van der Waals surface area contributed by atoms with E-state index < -0.39 is 15.8 Å². The Kier molecular flexibility index (Phi) is 6.18. The van der Waals surface area contributed by atoms with Gasteiger partial charge in [-0.25, -0.2) is 22.8 Å². The molecule has 0 aliphatic carbocycles. The normalized spacial score (nSPS) is 20.0. The van der Waals surface area contributed by atoms with Gasteiger partial charge in [-0.3, -0.25) is 4.79 Å². The number of amides is 1. The zero-order chi connectivity index (χ0) is 23.7. The summed E-state index contributed by atoms with van der Waals surface area (Å²) in [5.74, 6) is -0.00621. The van der Waals surface area contributed by atoms with Gasteiger partial charge in [-0.1, -0.05) is 12.1 Å². The number of para-hydroxylation sites is 1. The van der Waals surface area contributed by atoms with Crippen molar-refractivity contribution in [1.29, 1.82) is 0 Å². The molecule has 8 nitrogen and oxygen atoms in total. The Hall–Kier alpha value is -3.11. The summed E-state index contributed by atoms with van der Waals surface area (Å²) in [6, 6.07) is 12.7. The van der Waals surface area contributed by atoms with Crippen molar-refractivity contribution in [3.8, 4) is 0 Å². The topological polar surface area (TPSA) is 86.7 Å². The monoisotopic (exact) mass is 483 g/mol. The van der Waals surface area contributed by atoms with Gasteiger partial charge < -0.3 is 9.80 Å². The molecule has 3 aromatic rings. The van der Waals surface area contributed by atoms with E-state index in [0.717, 1.165) is 28.9 Å². The molecule has 5 rings (SSSR count). The summed E-state index contributed by atoms with van der Waals surface area (Å²) < 4.78 is 40.6. The molecule has 1 unspecified atom stereocenters. The van der Waals surface area contributed by atoms with Crippen LogP contribution in [0.2, 0.25) is 0 Å². The van der Waals surface area contributed by atoms with E-state index in [9.17, 15) is 17.6 Å². The van der Waals surface area contributed by atoms with Crippen LogP contribution in [0, 0.1) is 11.7 Å². The molecule has 1 aromatic heterocycles. The van der Waals surface area contributed by atoms with Gasteiger partial charge in [0.15, 0.2) is 0 Å². The molecule has 10 heteroatoms. The molecule has 1 amide bonds. The van der Waals surface area contributed by atoms with Crippen molar-refractivity contribution in [2.75, 3.05) is 44.2 Å². The number of piperazine rings is 1. The summed E-state index contributed by atoms with van der Waals surface area (Å²) in [7, 11) is -3.77. The molecule has 1 atom stereocenters. The van der Waals surface area contributed by atoms with Crippen molar-refractivity contribution < 1.29 is 17.6 Å². The van der Waals surface area contributed by atoms with E-state index in [0.29, 0.717) is 45.6 Å². The van der Waals surface area contributed by atoms with Gasteiger partial charge in [-0.2, -0.15) is 4.31 Å². The van der Waals surface area contributed by atoms with Gasteiger partial charge in [0.2, 0.25) is 15.9 Å². The third-order valence-corrected chi connectivity index (χ3v) is 8.48. The number of fused-ring (bicyclic) bond motifs is 1. The average molecular weight is 484 g/mol. The van der Waals surface area contributed by atoms with Crippen LogP contribution in [0.5, 0.6) is 0 Å². The quantitative estimate of drug-likeness (QED) is 0.567. The number of rotatable bonds is 4. The van der Waals surface area contributed by atoms with Gasteiger partial charge in [0, 0.05) is 44.7 Å². The first-order valence-corrected chi connectivity index (χ1v) is 12.9. The number of benzene rings is 2. The van der Waals surface area contributed by atoms with Crippen LogP contribution >= 0.6 is 0 Å². The van der Waals surface area contributed by atoms with Crippen LogP contribution in [0.15, 0.2) is 59.8 Å². The van der Waals surface area contributed by atoms with E-state index in [1.165, 1.54) is 16.4 Å². The second kappa shape index (κ2) is 9.27. The number of carbonyl (C=O) groups excluding carboxylic acids is 1. The third-order valence-electron chi connectivity index (χ3n) is 6.60. The molecule has 2 aliphatic heterocycles. The first-order chi connectivity index (χ1) is 16.4. The molecule has 0 saturated carbocycles. The minimum atomic E-state index is -3.77. The van der Waals surface area contributed by atoms with Gasteiger partial charge >= 0.3 is 0 Å². The molecule has 3 heterocycles. The number of carbonyl (C=O) groups is 1. The molecule has 2 fully saturated rings. The standard InChI is InChI=1S/C24H26FN5O3S/c25-19-7-9-20(10-8-19)34(32,33)30-11-3-4-18(16-30)24(31)29-14-12-28(13-15-29)23-21-5-1-2-6-22(21)26-17-27-23/h1-2,5-10,17-18H,3-4,11-16H2. The summed E-state index contributed by atoms with van der Waals surface area (Å²) >= 11 is 0.